The molecule has 0 aliphatic heterocycles. The molecule has 0 radical (unpaired) electrons. The summed E-state index contributed by atoms with van der Waals surface area (Å²) in [5, 5.41) is 0. The van der Waals surface area contributed by atoms with Crippen molar-refractivity contribution in [2.75, 3.05) is 7.05 Å². The fourth-order valence-electron chi connectivity index (χ4n) is 2.24. The summed E-state index contributed by atoms with van der Waals surface area (Å²) in [6.45, 7) is 4.06. The van der Waals surface area contributed by atoms with E-state index in [4.69, 9.17) is 18.0 Å². The van der Waals surface area contributed by atoms with E-state index < -0.39 is 0 Å². The number of hydrogen-bond acceptors (Lipinski definition) is 2. The largest absolute Gasteiger partial charge is 0.393 e. The lowest BCUT2D eigenvalue weighted by atomic mass is 9.86. The van der Waals surface area contributed by atoms with Crippen molar-refractivity contribution < 1.29 is 4.79 Å². The fraction of sp³-hybridized carbons (Fsp3) is 0.833. The minimum Gasteiger partial charge on any atom is -0.393 e. The van der Waals surface area contributed by atoms with Gasteiger partial charge in [-0.25, -0.2) is 0 Å². The van der Waals surface area contributed by atoms with Crippen LogP contribution in [0.5, 0.6) is 0 Å². The van der Waals surface area contributed by atoms with Crippen LogP contribution in [0.15, 0.2) is 0 Å². The molecule has 16 heavy (non-hydrogen) atoms. The number of amides is 1. The zero-order chi connectivity index (χ0) is 12.3. The number of nitrogens with zero attached hydrogens (tertiary/aromatic N) is 1. The van der Waals surface area contributed by atoms with E-state index in [2.05, 4.69) is 6.92 Å². The standard InChI is InChI=1S/C12H22N2OS/c1-8-4-6-10(7-5-8)14(3)12(15)9(2)11(13)16/h8-10H,4-7H2,1-3H3,(H2,13,16). The number of hydrogen-bond donors (Lipinski definition) is 1. The zero-order valence-corrected chi connectivity index (χ0v) is 11.2. The van der Waals surface area contributed by atoms with E-state index >= 15 is 0 Å². The molecule has 0 aromatic rings. The van der Waals surface area contributed by atoms with Gasteiger partial charge < -0.3 is 10.6 Å². The highest BCUT2D eigenvalue weighted by molar-refractivity contribution is 7.80. The van der Waals surface area contributed by atoms with Crippen LogP contribution in [-0.2, 0) is 4.79 Å². The fourth-order valence-corrected chi connectivity index (χ4v) is 2.34. The highest BCUT2D eigenvalue weighted by Gasteiger charge is 2.28. The Morgan fingerprint density at radius 1 is 1.38 bits per heavy atom. The van der Waals surface area contributed by atoms with Gasteiger partial charge in [0.05, 0.1) is 10.9 Å². The molecular weight excluding hydrogens is 220 g/mol. The number of carbonyl (C=O) groups is 1. The van der Waals surface area contributed by atoms with Crippen LogP contribution >= 0.6 is 12.2 Å². The van der Waals surface area contributed by atoms with E-state index in [1.54, 1.807) is 6.92 Å². The van der Waals surface area contributed by atoms with Gasteiger partial charge in [-0.3, -0.25) is 4.79 Å². The molecule has 0 saturated heterocycles. The van der Waals surface area contributed by atoms with E-state index in [9.17, 15) is 4.79 Å². The third-order valence-electron chi connectivity index (χ3n) is 3.68. The Balaban J connectivity index is 2.54. The Labute approximate surface area is 103 Å². The van der Waals surface area contributed by atoms with Crippen molar-refractivity contribution >= 4 is 23.1 Å². The van der Waals surface area contributed by atoms with Crippen LogP contribution < -0.4 is 5.73 Å². The lowest BCUT2D eigenvalue weighted by Crippen LogP contribution is -2.44. The predicted molar refractivity (Wildman–Crippen MR) is 70.1 cm³/mol. The van der Waals surface area contributed by atoms with Gasteiger partial charge in [-0.2, -0.15) is 0 Å². The van der Waals surface area contributed by atoms with Gasteiger partial charge in [0.25, 0.3) is 0 Å². The molecule has 1 fully saturated rings. The summed E-state index contributed by atoms with van der Waals surface area (Å²) in [6.07, 6.45) is 4.63. The summed E-state index contributed by atoms with van der Waals surface area (Å²) >= 11 is 4.86. The topological polar surface area (TPSA) is 46.3 Å². The van der Waals surface area contributed by atoms with Gasteiger partial charge in [0.2, 0.25) is 5.91 Å². The summed E-state index contributed by atoms with van der Waals surface area (Å²) in [4.78, 5) is 14.2. The Bertz CT molecular complexity index is 272. The van der Waals surface area contributed by atoms with Gasteiger partial charge in [0.1, 0.15) is 0 Å². The molecule has 1 saturated carbocycles. The number of thiocarbonyl (C=S) groups is 1. The molecule has 1 amide bonds. The summed E-state index contributed by atoms with van der Waals surface area (Å²) in [7, 11) is 1.87. The van der Waals surface area contributed by atoms with Crippen molar-refractivity contribution in [1.29, 1.82) is 0 Å². The molecule has 92 valence electrons. The average Bonchev–Trinajstić information content (AvgIpc) is 2.27. The molecule has 1 aliphatic carbocycles. The summed E-state index contributed by atoms with van der Waals surface area (Å²) in [5.41, 5.74) is 5.51. The van der Waals surface area contributed by atoms with Gasteiger partial charge in [0.15, 0.2) is 0 Å². The second kappa shape index (κ2) is 5.62. The van der Waals surface area contributed by atoms with Crippen LogP contribution in [-0.4, -0.2) is 28.9 Å². The van der Waals surface area contributed by atoms with Crippen molar-refractivity contribution in [3.05, 3.63) is 0 Å². The molecule has 3 nitrogen and oxygen atoms in total. The molecule has 0 heterocycles. The van der Waals surface area contributed by atoms with Crippen LogP contribution in [0, 0.1) is 11.8 Å². The average molecular weight is 242 g/mol. The Morgan fingerprint density at radius 2 is 1.88 bits per heavy atom. The molecule has 4 heteroatoms. The molecule has 2 N–H and O–H groups in total. The molecule has 1 unspecified atom stereocenters. The van der Waals surface area contributed by atoms with Crippen molar-refractivity contribution in [2.45, 2.75) is 45.6 Å². The van der Waals surface area contributed by atoms with E-state index in [1.807, 2.05) is 11.9 Å². The molecular formula is C12H22N2OS. The maximum atomic E-state index is 12.0. The molecule has 0 spiro atoms. The maximum absolute atomic E-state index is 12.0. The van der Waals surface area contributed by atoms with Gasteiger partial charge in [-0.15, -0.1) is 0 Å². The minimum atomic E-state index is -0.334. The van der Waals surface area contributed by atoms with E-state index in [-0.39, 0.29) is 11.8 Å². The normalized spacial score (nSPS) is 27.2. The van der Waals surface area contributed by atoms with Crippen LogP contribution in [0.4, 0.5) is 0 Å². The first-order valence-electron chi connectivity index (χ1n) is 5.99. The first-order valence-corrected chi connectivity index (χ1v) is 6.40. The molecule has 0 bridgehead atoms. The minimum absolute atomic E-state index is 0.0621. The van der Waals surface area contributed by atoms with E-state index in [0.29, 0.717) is 11.0 Å². The maximum Gasteiger partial charge on any atom is 0.232 e. The van der Waals surface area contributed by atoms with Crippen LogP contribution in [0.1, 0.15) is 39.5 Å². The SMILES string of the molecule is CC1CCC(N(C)C(=O)C(C)C(N)=S)CC1. The van der Waals surface area contributed by atoms with Crippen LogP contribution in [0.25, 0.3) is 0 Å². The lowest BCUT2D eigenvalue weighted by Gasteiger charge is -2.34. The Kier molecular flexibility index (Phi) is 4.71. The van der Waals surface area contributed by atoms with E-state index in [1.165, 1.54) is 12.8 Å². The van der Waals surface area contributed by atoms with Gasteiger partial charge in [-0.1, -0.05) is 19.1 Å². The van der Waals surface area contributed by atoms with E-state index in [0.717, 1.165) is 18.8 Å². The monoisotopic (exact) mass is 242 g/mol. The zero-order valence-electron chi connectivity index (χ0n) is 10.4. The predicted octanol–water partition coefficient (Wildman–Crippen LogP) is 1.95. The number of carbonyl (C=O) groups excluding carboxylic acids is 1. The smallest absolute Gasteiger partial charge is 0.232 e. The van der Waals surface area contributed by atoms with Crippen LogP contribution in [0.2, 0.25) is 0 Å². The van der Waals surface area contributed by atoms with Crippen molar-refractivity contribution in [1.82, 2.24) is 4.90 Å². The van der Waals surface area contributed by atoms with Gasteiger partial charge in [0, 0.05) is 13.1 Å². The van der Waals surface area contributed by atoms with Crippen molar-refractivity contribution in [3.63, 3.8) is 0 Å². The van der Waals surface area contributed by atoms with Crippen molar-refractivity contribution in [3.8, 4) is 0 Å². The third kappa shape index (κ3) is 3.17. The highest BCUT2D eigenvalue weighted by Crippen LogP contribution is 2.27. The molecule has 1 rings (SSSR count). The first kappa shape index (κ1) is 13.4. The Morgan fingerprint density at radius 3 is 2.31 bits per heavy atom. The lowest BCUT2D eigenvalue weighted by molar-refractivity contribution is -0.134. The number of rotatable bonds is 3. The molecule has 1 aliphatic rings. The Hall–Kier alpha value is -0.640. The molecule has 0 aromatic carbocycles. The molecule has 0 aromatic heterocycles. The summed E-state index contributed by atoms with van der Waals surface area (Å²) in [6, 6.07) is 0.375. The quantitative estimate of drug-likeness (QED) is 0.769. The highest BCUT2D eigenvalue weighted by atomic mass is 32.1. The summed E-state index contributed by atoms with van der Waals surface area (Å²) in [5.74, 6) is 0.527. The van der Waals surface area contributed by atoms with Gasteiger partial charge in [-0.05, 0) is 38.5 Å². The number of nitrogens with two attached hydrogens (primary N) is 1. The molecule has 1 atom stereocenters. The van der Waals surface area contributed by atoms with Gasteiger partial charge >= 0.3 is 0 Å². The third-order valence-corrected chi connectivity index (χ3v) is 4.03. The first-order chi connectivity index (χ1) is 7.43. The second-order valence-corrected chi connectivity index (χ2v) is 5.46. The van der Waals surface area contributed by atoms with Crippen molar-refractivity contribution in [2.24, 2.45) is 17.6 Å². The van der Waals surface area contributed by atoms with Crippen LogP contribution in [0.3, 0.4) is 0 Å². The summed E-state index contributed by atoms with van der Waals surface area (Å²) < 4.78 is 0. The second-order valence-electron chi connectivity index (χ2n) is 4.99.